The Bertz CT molecular complexity index is 910. The summed E-state index contributed by atoms with van der Waals surface area (Å²) in [7, 11) is 2.14. The minimum atomic E-state index is -2.04. The third-order valence-corrected chi connectivity index (χ3v) is 9.75. The van der Waals surface area contributed by atoms with E-state index < -0.39 is 8.07 Å². The first-order chi connectivity index (χ1) is 12.9. The lowest BCUT2D eigenvalue weighted by Crippen LogP contribution is -2.60. The number of nitrogens with zero attached hydrogens (tertiary/aromatic N) is 2. The van der Waals surface area contributed by atoms with E-state index >= 15 is 0 Å². The van der Waals surface area contributed by atoms with Crippen molar-refractivity contribution in [1.29, 1.82) is 0 Å². The third-order valence-electron chi connectivity index (χ3n) is 6.23. The zero-order chi connectivity index (χ0) is 18.9. The molecule has 0 atom stereocenters. The number of anilines is 2. The normalized spacial score (nSPS) is 19.3. The van der Waals surface area contributed by atoms with E-state index in [4.69, 9.17) is 9.47 Å². The fourth-order valence-electron chi connectivity index (χ4n) is 4.49. The molecule has 5 nitrogen and oxygen atoms in total. The van der Waals surface area contributed by atoms with Gasteiger partial charge in [-0.1, -0.05) is 13.1 Å². The molecule has 6 heteroatoms. The predicted octanol–water partition coefficient (Wildman–Crippen LogP) is 1.71. The molecule has 0 bridgehead atoms. The van der Waals surface area contributed by atoms with Crippen molar-refractivity contribution in [2.45, 2.75) is 13.1 Å². The molecule has 3 aliphatic rings. The fourth-order valence-corrected chi connectivity index (χ4v) is 7.49. The van der Waals surface area contributed by atoms with Crippen LogP contribution in [0.4, 0.5) is 11.4 Å². The molecule has 2 aromatic carbocycles. The molecular formula is C21H24N2O3Si. The molecule has 5 rings (SSSR count). The van der Waals surface area contributed by atoms with E-state index in [1.54, 1.807) is 0 Å². The molecule has 0 saturated carbocycles. The van der Waals surface area contributed by atoms with Gasteiger partial charge in [-0.25, -0.2) is 0 Å². The number of fused-ring (bicyclic) bond motifs is 4. The summed E-state index contributed by atoms with van der Waals surface area (Å²) < 4.78 is 11.7. The van der Waals surface area contributed by atoms with Crippen LogP contribution >= 0.6 is 0 Å². The first kappa shape index (κ1) is 16.7. The van der Waals surface area contributed by atoms with Gasteiger partial charge in [-0.3, -0.25) is 4.79 Å². The highest BCUT2D eigenvalue weighted by molar-refractivity contribution is 7.02. The Hall–Kier alpha value is -2.47. The number of likely N-dealkylation sites (N-methyl/N-ethyl adjacent to an activating group) is 2. The van der Waals surface area contributed by atoms with Gasteiger partial charge in [0.25, 0.3) is 0 Å². The summed E-state index contributed by atoms with van der Waals surface area (Å²) in [5.74, 6) is 1.72. The minimum Gasteiger partial charge on any atom is -0.490 e. The summed E-state index contributed by atoms with van der Waals surface area (Å²) in [5.41, 5.74) is 3.79. The second-order valence-corrected chi connectivity index (χ2v) is 12.6. The van der Waals surface area contributed by atoms with Crippen LogP contribution in [0.2, 0.25) is 13.1 Å². The topological polar surface area (TPSA) is 42.0 Å². The van der Waals surface area contributed by atoms with Crippen LogP contribution < -0.4 is 29.6 Å². The average Bonchev–Trinajstić information content (AvgIpc) is 2.65. The maximum atomic E-state index is 13.4. The molecule has 27 heavy (non-hydrogen) atoms. The Labute approximate surface area is 160 Å². The highest BCUT2D eigenvalue weighted by Crippen LogP contribution is 2.37. The van der Waals surface area contributed by atoms with Crippen LogP contribution in [0, 0.1) is 0 Å². The Morgan fingerprint density at radius 1 is 0.815 bits per heavy atom. The highest BCUT2D eigenvalue weighted by atomic mass is 28.3. The van der Waals surface area contributed by atoms with Crippen LogP contribution in [-0.4, -0.2) is 54.3 Å². The van der Waals surface area contributed by atoms with E-state index in [9.17, 15) is 4.79 Å². The van der Waals surface area contributed by atoms with Crippen molar-refractivity contribution in [3.05, 3.63) is 35.4 Å². The van der Waals surface area contributed by atoms with E-state index in [-0.39, 0.29) is 5.78 Å². The minimum absolute atomic E-state index is 0.0890. The van der Waals surface area contributed by atoms with Crippen molar-refractivity contribution in [3.8, 4) is 11.5 Å². The van der Waals surface area contributed by atoms with E-state index in [0.717, 1.165) is 47.1 Å². The van der Waals surface area contributed by atoms with Crippen LogP contribution in [0.15, 0.2) is 24.3 Å². The maximum absolute atomic E-state index is 13.4. The van der Waals surface area contributed by atoms with Crippen molar-refractivity contribution < 1.29 is 14.3 Å². The molecule has 0 aromatic heterocycles. The van der Waals surface area contributed by atoms with Gasteiger partial charge in [0.15, 0.2) is 5.78 Å². The molecule has 0 N–H and O–H groups in total. The average molecular weight is 381 g/mol. The molecule has 0 spiro atoms. The van der Waals surface area contributed by atoms with E-state index in [1.807, 2.05) is 12.1 Å². The Morgan fingerprint density at radius 2 is 1.26 bits per heavy atom. The summed E-state index contributed by atoms with van der Waals surface area (Å²) in [5, 5.41) is 2.41. The van der Waals surface area contributed by atoms with Gasteiger partial charge in [0.1, 0.15) is 32.8 Å². The molecule has 0 radical (unpaired) electrons. The van der Waals surface area contributed by atoms with Gasteiger partial charge in [0, 0.05) is 25.2 Å². The van der Waals surface area contributed by atoms with Gasteiger partial charge in [-0.05, 0) is 34.6 Å². The summed E-state index contributed by atoms with van der Waals surface area (Å²) >= 11 is 0. The lowest BCUT2D eigenvalue weighted by atomic mass is 9.99. The van der Waals surface area contributed by atoms with Crippen molar-refractivity contribution in [2.75, 3.05) is 50.2 Å². The second kappa shape index (κ2) is 5.52. The molecule has 0 amide bonds. The summed E-state index contributed by atoms with van der Waals surface area (Å²) in [6, 6.07) is 8.34. The smallest absolute Gasteiger partial charge is 0.193 e. The Morgan fingerprint density at radius 3 is 1.70 bits per heavy atom. The van der Waals surface area contributed by atoms with Crippen LogP contribution in [0.5, 0.6) is 11.5 Å². The molecule has 3 heterocycles. The Kier molecular flexibility index (Phi) is 3.41. The number of carbonyl (C=O) groups is 1. The van der Waals surface area contributed by atoms with Gasteiger partial charge >= 0.3 is 0 Å². The lowest BCUT2D eigenvalue weighted by molar-refractivity contribution is 0.103. The summed E-state index contributed by atoms with van der Waals surface area (Å²) in [6.07, 6.45) is 0. The van der Waals surface area contributed by atoms with E-state index in [0.29, 0.717) is 13.2 Å². The number of ether oxygens (including phenoxy) is 2. The highest BCUT2D eigenvalue weighted by Gasteiger charge is 2.41. The zero-order valence-electron chi connectivity index (χ0n) is 16.3. The van der Waals surface area contributed by atoms with Gasteiger partial charge in [0.05, 0.1) is 24.5 Å². The van der Waals surface area contributed by atoms with E-state index in [2.05, 4.69) is 49.1 Å². The predicted molar refractivity (Wildman–Crippen MR) is 111 cm³/mol. The number of hydrogen-bond donors (Lipinski definition) is 0. The molecule has 0 fully saturated rings. The molecule has 0 aliphatic carbocycles. The van der Waals surface area contributed by atoms with Gasteiger partial charge in [0.2, 0.25) is 0 Å². The largest absolute Gasteiger partial charge is 0.490 e. The first-order valence-corrected chi connectivity index (χ1v) is 12.5. The van der Waals surface area contributed by atoms with Crippen LogP contribution in [-0.2, 0) is 0 Å². The van der Waals surface area contributed by atoms with Crippen molar-refractivity contribution in [1.82, 2.24) is 0 Å². The van der Waals surface area contributed by atoms with Crippen molar-refractivity contribution >= 4 is 35.6 Å². The van der Waals surface area contributed by atoms with Crippen LogP contribution in [0.1, 0.15) is 15.9 Å². The molecule has 0 unspecified atom stereocenters. The fraction of sp³-hybridized carbons (Fsp3) is 0.381. The monoisotopic (exact) mass is 380 g/mol. The number of hydrogen-bond acceptors (Lipinski definition) is 5. The van der Waals surface area contributed by atoms with Gasteiger partial charge in [-0.15, -0.1) is 0 Å². The maximum Gasteiger partial charge on any atom is 0.193 e. The second-order valence-electron chi connectivity index (χ2n) is 8.23. The molecule has 2 aromatic rings. The third kappa shape index (κ3) is 2.26. The standard InChI is InChI=1S/C21H24N2O3Si/c1-22-5-7-25-17-9-13-19(11-15(17)22)27(3,4)20-12-16-18(10-14(20)21(13)24)26-8-6-23(16)2/h9-12H,5-8H2,1-4H3. The number of ketones is 1. The van der Waals surface area contributed by atoms with Crippen molar-refractivity contribution in [3.63, 3.8) is 0 Å². The van der Waals surface area contributed by atoms with Crippen molar-refractivity contribution in [2.24, 2.45) is 0 Å². The number of benzene rings is 2. The summed E-state index contributed by atoms with van der Waals surface area (Å²) in [6.45, 7) is 7.72. The van der Waals surface area contributed by atoms with E-state index in [1.165, 1.54) is 10.4 Å². The molecule has 140 valence electrons. The quantitative estimate of drug-likeness (QED) is 0.651. The molecular weight excluding hydrogens is 356 g/mol. The SMILES string of the molecule is CN1CCOc2cc3c(cc21)[Si](C)(C)c1cc2c(cc1C3=O)OCCN2C. The number of carbonyl (C=O) groups excluding carboxylic acids is 1. The first-order valence-electron chi connectivity index (χ1n) is 9.47. The summed E-state index contributed by atoms with van der Waals surface area (Å²) in [4.78, 5) is 17.9. The van der Waals surface area contributed by atoms with Gasteiger partial charge < -0.3 is 19.3 Å². The van der Waals surface area contributed by atoms with Crippen LogP contribution in [0.3, 0.4) is 0 Å². The molecule has 3 aliphatic heterocycles. The van der Waals surface area contributed by atoms with Crippen LogP contribution in [0.25, 0.3) is 0 Å². The zero-order valence-corrected chi connectivity index (χ0v) is 17.3. The lowest BCUT2D eigenvalue weighted by Gasteiger charge is -2.37. The van der Waals surface area contributed by atoms with Gasteiger partial charge in [-0.2, -0.15) is 0 Å². The molecule has 0 saturated heterocycles. The number of rotatable bonds is 0. The Balaban J connectivity index is 1.75.